The predicted molar refractivity (Wildman–Crippen MR) is 84.1 cm³/mol. The molecular formula is C17H21N3O. The van der Waals surface area contributed by atoms with Gasteiger partial charge in [0, 0.05) is 24.1 Å². The Morgan fingerprint density at radius 1 is 1.24 bits per heavy atom. The summed E-state index contributed by atoms with van der Waals surface area (Å²) in [4.78, 5) is 16.4. The number of fused-ring (bicyclic) bond motifs is 1. The smallest absolute Gasteiger partial charge is 0.229 e. The van der Waals surface area contributed by atoms with Crippen LogP contribution in [-0.2, 0) is 17.8 Å². The van der Waals surface area contributed by atoms with Crippen LogP contribution in [0.15, 0.2) is 30.5 Å². The van der Waals surface area contributed by atoms with E-state index in [0.29, 0.717) is 0 Å². The van der Waals surface area contributed by atoms with Gasteiger partial charge in [-0.1, -0.05) is 32.9 Å². The van der Waals surface area contributed by atoms with E-state index in [1.165, 1.54) is 12.2 Å². The lowest BCUT2D eigenvalue weighted by molar-refractivity contribution is -0.123. The maximum atomic E-state index is 12.0. The number of anilines is 1. The molecule has 21 heavy (non-hydrogen) atoms. The minimum atomic E-state index is -0.384. The predicted octanol–water partition coefficient (Wildman–Crippen LogP) is 3.48. The Balaban J connectivity index is 1.80. The fourth-order valence-corrected chi connectivity index (χ4v) is 2.53. The van der Waals surface area contributed by atoms with E-state index in [2.05, 4.69) is 14.9 Å². The summed E-state index contributed by atoms with van der Waals surface area (Å²) in [7, 11) is 0. The van der Waals surface area contributed by atoms with Crippen LogP contribution in [-0.4, -0.2) is 15.5 Å². The molecule has 1 aromatic heterocycles. The minimum absolute atomic E-state index is 0.0282. The van der Waals surface area contributed by atoms with Crippen molar-refractivity contribution in [2.75, 3.05) is 5.32 Å². The summed E-state index contributed by atoms with van der Waals surface area (Å²) in [5.41, 5.74) is 2.76. The average Bonchev–Trinajstić information content (AvgIpc) is 3.01. The molecule has 0 aliphatic carbocycles. The SMILES string of the molecule is CC(C)(C)C(=O)Nc1ccc(-c2cnc3n2CCC3)cc1. The van der Waals surface area contributed by atoms with E-state index in [1.54, 1.807) is 0 Å². The standard InChI is InChI=1S/C17H21N3O/c1-17(2,3)16(21)19-13-8-6-12(7-9-13)14-11-18-15-5-4-10-20(14)15/h6-9,11H,4-5,10H2,1-3H3,(H,19,21). The number of carbonyl (C=O) groups is 1. The molecule has 4 nitrogen and oxygen atoms in total. The fraction of sp³-hybridized carbons (Fsp3) is 0.412. The number of imidazole rings is 1. The molecule has 2 aromatic rings. The molecule has 4 heteroatoms. The molecule has 0 radical (unpaired) electrons. The van der Waals surface area contributed by atoms with Crippen molar-refractivity contribution in [2.24, 2.45) is 5.41 Å². The Bertz CT molecular complexity index is 662. The average molecular weight is 283 g/mol. The highest BCUT2D eigenvalue weighted by atomic mass is 16.2. The van der Waals surface area contributed by atoms with Gasteiger partial charge in [-0.2, -0.15) is 0 Å². The van der Waals surface area contributed by atoms with Gasteiger partial charge in [0.25, 0.3) is 0 Å². The molecule has 0 fully saturated rings. The van der Waals surface area contributed by atoms with Crippen molar-refractivity contribution >= 4 is 11.6 Å². The largest absolute Gasteiger partial charge is 0.328 e. The zero-order valence-electron chi connectivity index (χ0n) is 12.8. The fourth-order valence-electron chi connectivity index (χ4n) is 2.53. The quantitative estimate of drug-likeness (QED) is 0.917. The van der Waals surface area contributed by atoms with Gasteiger partial charge in [0.1, 0.15) is 5.82 Å². The lowest BCUT2D eigenvalue weighted by Gasteiger charge is -2.17. The summed E-state index contributed by atoms with van der Waals surface area (Å²) in [6, 6.07) is 7.99. The molecule has 0 spiro atoms. The first kappa shape index (κ1) is 13.9. The molecule has 1 N–H and O–H groups in total. The van der Waals surface area contributed by atoms with Crippen LogP contribution in [0.5, 0.6) is 0 Å². The molecule has 0 unspecified atom stereocenters. The highest BCUT2D eigenvalue weighted by Gasteiger charge is 2.21. The number of benzene rings is 1. The first-order chi connectivity index (χ1) is 9.95. The molecule has 1 aliphatic heterocycles. The van der Waals surface area contributed by atoms with Crippen LogP contribution in [0.2, 0.25) is 0 Å². The zero-order valence-corrected chi connectivity index (χ0v) is 12.8. The summed E-state index contributed by atoms with van der Waals surface area (Å²) >= 11 is 0. The van der Waals surface area contributed by atoms with Gasteiger partial charge in [0.15, 0.2) is 0 Å². The zero-order chi connectivity index (χ0) is 15.0. The van der Waals surface area contributed by atoms with Crippen LogP contribution >= 0.6 is 0 Å². The summed E-state index contributed by atoms with van der Waals surface area (Å²) in [6.45, 7) is 6.78. The highest BCUT2D eigenvalue weighted by molar-refractivity contribution is 5.94. The van der Waals surface area contributed by atoms with Gasteiger partial charge >= 0.3 is 0 Å². The minimum Gasteiger partial charge on any atom is -0.328 e. The van der Waals surface area contributed by atoms with E-state index in [4.69, 9.17) is 0 Å². The molecule has 0 atom stereocenters. The molecule has 2 heterocycles. The number of nitrogens with zero attached hydrogens (tertiary/aromatic N) is 2. The number of amides is 1. The summed E-state index contributed by atoms with van der Waals surface area (Å²) in [5.74, 6) is 1.20. The number of hydrogen-bond donors (Lipinski definition) is 1. The lowest BCUT2D eigenvalue weighted by atomic mass is 9.95. The van der Waals surface area contributed by atoms with Crippen molar-refractivity contribution in [1.82, 2.24) is 9.55 Å². The molecule has 1 amide bonds. The van der Waals surface area contributed by atoms with Crippen LogP contribution in [0.1, 0.15) is 33.0 Å². The van der Waals surface area contributed by atoms with Crippen LogP contribution < -0.4 is 5.32 Å². The molecule has 0 saturated carbocycles. The van der Waals surface area contributed by atoms with E-state index < -0.39 is 0 Å². The van der Waals surface area contributed by atoms with E-state index in [1.807, 2.05) is 51.2 Å². The van der Waals surface area contributed by atoms with Crippen LogP contribution in [0, 0.1) is 5.41 Å². The van der Waals surface area contributed by atoms with E-state index in [0.717, 1.165) is 29.9 Å². The summed E-state index contributed by atoms with van der Waals surface area (Å²) < 4.78 is 2.28. The first-order valence-electron chi connectivity index (χ1n) is 7.41. The Labute approximate surface area is 125 Å². The number of nitrogens with one attached hydrogen (secondary N) is 1. The molecular weight excluding hydrogens is 262 g/mol. The third-order valence-electron chi connectivity index (χ3n) is 3.84. The Kier molecular flexibility index (Phi) is 3.32. The van der Waals surface area contributed by atoms with Gasteiger partial charge in [-0.05, 0) is 24.1 Å². The molecule has 0 bridgehead atoms. The Morgan fingerprint density at radius 2 is 1.95 bits per heavy atom. The molecule has 3 rings (SSSR count). The number of rotatable bonds is 2. The second kappa shape index (κ2) is 5.02. The van der Waals surface area contributed by atoms with Crippen LogP contribution in [0.25, 0.3) is 11.3 Å². The van der Waals surface area contributed by atoms with Gasteiger partial charge in [0.2, 0.25) is 5.91 Å². The molecule has 1 aromatic carbocycles. The van der Waals surface area contributed by atoms with E-state index >= 15 is 0 Å². The van der Waals surface area contributed by atoms with Crippen molar-refractivity contribution in [3.05, 3.63) is 36.3 Å². The topological polar surface area (TPSA) is 46.9 Å². The summed E-state index contributed by atoms with van der Waals surface area (Å²) in [6.07, 6.45) is 4.19. The Morgan fingerprint density at radius 3 is 2.62 bits per heavy atom. The first-order valence-corrected chi connectivity index (χ1v) is 7.41. The normalized spacial score (nSPS) is 14.0. The summed E-state index contributed by atoms with van der Waals surface area (Å²) in [5, 5.41) is 2.95. The highest BCUT2D eigenvalue weighted by Crippen LogP contribution is 2.27. The maximum Gasteiger partial charge on any atom is 0.229 e. The van der Waals surface area contributed by atoms with Crippen molar-refractivity contribution < 1.29 is 4.79 Å². The number of aryl methyl sites for hydroxylation is 1. The van der Waals surface area contributed by atoms with Gasteiger partial charge in [0.05, 0.1) is 11.9 Å². The van der Waals surface area contributed by atoms with Gasteiger partial charge < -0.3 is 9.88 Å². The molecule has 110 valence electrons. The van der Waals surface area contributed by atoms with Crippen LogP contribution in [0.3, 0.4) is 0 Å². The monoisotopic (exact) mass is 283 g/mol. The van der Waals surface area contributed by atoms with Crippen LogP contribution in [0.4, 0.5) is 5.69 Å². The van der Waals surface area contributed by atoms with Crippen molar-refractivity contribution in [2.45, 2.75) is 40.2 Å². The third-order valence-corrected chi connectivity index (χ3v) is 3.84. The number of hydrogen-bond acceptors (Lipinski definition) is 2. The third kappa shape index (κ3) is 2.71. The van der Waals surface area contributed by atoms with Gasteiger partial charge in [-0.3, -0.25) is 4.79 Å². The number of aromatic nitrogens is 2. The van der Waals surface area contributed by atoms with E-state index in [9.17, 15) is 4.79 Å². The molecule has 1 aliphatic rings. The van der Waals surface area contributed by atoms with Gasteiger partial charge in [-0.25, -0.2) is 4.98 Å². The molecule has 0 saturated heterocycles. The second-order valence-electron chi connectivity index (χ2n) is 6.60. The van der Waals surface area contributed by atoms with Gasteiger partial charge in [-0.15, -0.1) is 0 Å². The van der Waals surface area contributed by atoms with Crippen molar-refractivity contribution in [3.8, 4) is 11.3 Å². The van der Waals surface area contributed by atoms with E-state index in [-0.39, 0.29) is 11.3 Å². The lowest BCUT2D eigenvalue weighted by Crippen LogP contribution is -2.27. The maximum absolute atomic E-state index is 12.0. The van der Waals surface area contributed by atoms with Crippen molar-refractivity contribution in [1.29, 1.82) is 0 Å². The Hall–Kier alpha value is -2.10. The second-order valence-corrected chi connectivity index (χ2v) is 6.60. The van der Waals surface area contributed by atoms with Crippen molar-refractivity contribution in [3.63, 3.8) is 0 Å². The number of carbonyl (C=O) groups excluding carboxylic acids is 1.